The lowest BCUT2D eigenvalue weighted by atomic mass is 10.1. The molecule has 1 heterocycles. The van der Waals surface area contributed by atoms with Gasteiger partial charge in [0.2, 0.25) is 11.7 Å². The van der Waals surface area contributed by atoms with Gasteiger partial charge in [0.25, 0.3) is 0 Å². The van der Waals surface area contributed by atoms with Crippen molar-refractivity contribution in [2.45, 2.75) is 6.54 Å². The molecular weight excluding hydrogens is 408 g/mol. The van der Waals surface area contributed by atoms with Crippen LogP contribution in [-0.4, -0.2) is 32.4 Å². The second-order valence-electron chi connectivity index (χ2n) is 6.20. The smallest absolute Gasteiger partial charge is 0.244 e. The van der Waals surface area contributed by atoms with Crippen molar-refractivity contribution in [1.29, 1.82) is 0 Å². The fraction of sp³-hybridized carbons (Fsp3) is 0.182. The lowest BCUT2D eigenvalue weighted by Gasteiger charge is -2.12. The molecule has 0 fully saturated rings. The number of carbonyl (C=O) groups excluding carboxylic acids is 1. The van der Waals surface area contributed by atoms with Crippen LogP contribution in [0.1, 0.15) is 11.3 Å². The molecule has 0 aliphatic heterocycles. The minimum atomic E-state index is -0.278. The van der Waals surface area contributed by atoms with Gasteiger partial charge in [-0.15, -0.1) is 0 Å². The highest BCUT2D eigenvalue weighted by atomic mass is 35.5. The van der Waals surface area contributed by atoms with E-state index in [0.717, 1.165) is 11.1 Å². The quantitative estimate of drug-likeness (QED) is 0.537. The summed E-state index contributed by atoms with van der Waals surface area (Å²) in [6.07, 6.45) is 3.07. The maximum Gasteiger partial charge on any atom is 0.244 e. The number of amides is 1. The normalized spacial score (nSPS) is 10.8. The number of halogens is 1. The van der Waals surface area contributed by atoms with Crippen LogP contribution in [0.3, 0.4) is 0 Å². The average Bonchev–Trinajstić information content (AvgIpc) is 3.24. The van der Waals surface area contributed by atoms with Gasteiger partial charge >= 0.3 is 0 Å². The van der Waals surface area contributed by atoms with Crippen LogP contribution in [0.2, 0.25) is 5.02 Å². The van der Waals surface area contributed by atoms with E-state index in [1.165, 1.54) is 27.4 Å². The van der Waals surface area contributed by atoms with E-state index in [4.69, 9.17) is 30.3 Å². The van der Waals surface area contributed by atoms with Crippen LogP contribution in [0.4, 0.5) is 0 Å². The molecule has 1 amide bonds. The van der Waals surface area contributed by atoms with Gasteiger partial charge in [0, 0.05) is 22.7 Å². The standard InChI is InChI=1S/C22H21ClN2O5/c1-27-19-10-14(11-20(28-2)22(19)29-3)4-9-21(26)24-13-17-12-18(30-25-17)15-5-7-16(23)8-6-15/h4-12H,13H2,1-3H3,(H,24,26)/b9-4+. The number of nitrogens with zero attached hydrogens (tertiary/aromatic N) is 1. The summed E-state index contributed by atoms with van der Waals surface area (Å²) >= 11 is 5.89. The van der Waals surface area contributed by atoms with E-state index >= 15 is 0 Å². The van der Waals surface area contributed by atoms with Crippen molar-refractivity contribution < 1.29 is 23.5 Å². The fourth-order valence-electron chi connectivity index (χ4n) is 2.75. The highest BCUT2D eigenvalue weighted by molar-refractivity contribution is 6.30. The number of aromatic nitrogens is 1. The van der Waals surface area contributed by atoms with Crippen LogP contribution in [0.15, 0.2) is 53.1 Å². The Hall–Kier alpha value is -3.45. The molecule has 1 aromatic heterocycles. The van der Waals surface area contributed by atoms with E-state index in [9.17, 15) is 4.79 Å². The maximum atomic E-state index is 12.2. The molecule has 0 spiro atoms. The number of ether oxygens (including phenoxy) is 3. The first kappa shape index (κ1) is 21.3. The predicted octanol–water partition coefficient (Wildman–Crippen LogP) is 4.35. The van der Waals surface area contributed by atoms with Crippen molar-refractivity contribution in [2.24, 2.45) is 0 Å². The van der Waals surface area contributed by atoms with Crippen LogP contribution < -0.4 is 19.5 Å². The molecule has 3 rings (SSSR count). The molecule has 0 saturated carbocycles. The zero-order chi connectivity index (χ0) is 21.5. The van der Waals surface area contributed by atoms with E-state index in [-0.39, 0.29) is 12.5 Å². The number of methoxy groups -OCH3 is 3. The number of rotatable bonds is 8. The Kier molecular flexibility index (Phi) is 6.98. The molecule has 0 aliphatic rings. The predicted molar refractivity (Wildman–Crippen MR) is 114 cm³/mol. The number of benzene rings is 2. The molecule has 156 valence electrons. The van der Waals surface area contributed by atoms with Gasteiger partial charge in [-0.25, -0.2) is 0 Å². The molecular formula is C22H21ClN2O5. The Bertz CT molecular complexity index is 1020. The summed E-state index contributed by atoms with van der Waals surface area (Å²) in [5, 5.41) is 7.39. The molecule has 0 radical (unpaired) electrons. The first-order chi connectivity index (χ1) is 14.5. The van der Waals surface area contributed by atoms with Crippen molar-refractivity contribution in [3.8, 4) is 28.6 Å². The lowest BCUT2D eigenvalue weighted by molar-refractivity contribution is -0.116. The highest BCUT2D eigenvalue weighted by Gasteiger charge is 2.12. The van der Waals surface area contributed by atoms with Crippen LogP contribution in [0.25, 0.3) is 17.4 Å². The van der Waals surface area contributed by atoms with Crippen molar-refractivity contribution in [3.05, 3.63) is 64.8 Å². The fourth-order valence-corrected chi connectivity index (χ4v) is 2.88. The summed E-state index contributed by atoms with van der Waals surface area (Å²) in [6, 6.07) is 12.5. The van der Waals surface area contributed by atoms with Crippen LogP contribution >= 0.6 is 11.6 Å². The largest absolute Gasteiger partial charge is 0.493 e. The molecule has 8 heteroatoms. The van der Waals surface area contributed by atoms with E-state index in [1.54, 1.807) is 36.4 Å². The maximum absolute atomic E-state index is 12.2. The molecule has 0 saturated heterocycles. The Morgan fingerprint density at radius 2 is 1.73 bits per heavy atom. The Morgan fingerprint density at radius 3 is 2.33 bits per heavy atom. The molecule has 2 aromatic carbocycles. The van der Waals surface area contributed by atoms with Gasteiger partial charge in [0.1, 0.15) is 5.69 Å². The minimum Gasteiger partial charge on any atom is -0.493 e. The summed E-state index contributed by atoms with van der Waals surface area (Å²) < 4.78 is 21.2. The molecule has 7 nitrogen and oxygen atoms in total. The van der Waals surface area contributed by atoms with Crippen molar-refractivity contribution in [1.82, 2.24) is 10.5 Å². The van der Waals surface area contributed by atoms with Gasteiger partial charge in [-0.1, -0.05) is 16.8 Å². The van der Waals surface area contributed by atoms with E-state index < -0.39 is 0 Å². The van der Waals surface area contributed by atoms with Gasteiger partial charge in [0.05, 0.1) is 27.9 Å². The highest BCUT2D eigenvalue weighted by Crippen LogP contribution is 2.38. The van der Waals surface area contributed by atoms with Gasteiger partial charge in [0.15, 0.2) is 17.3 Å². The van der Waals surface area contributed by atoms with E-state index in [1.807, 2.05) is 12.1 Å². The third kappa shape index (κ3) is 5.12. The first-order valence-electron chi connectivity index (χ1n) is 9.01. The SMILES string of the molecule is COc1cc(/C=C/C(=O)NCc2cc(-c3ccc(Cl)cc3)on2)cc(OC)c1OC. The summed E-state index contributed by atoms with van der Waals surface area (Å²) in [6.45, 7) is 0.232. The third-order valence-electron chi connectivity index (χ3n) is 4.25. The molecule has 0 aliphatic carbocycles. The van der Waals surface area contributed by atoms with Crippen LogP contribution in [0, 0.1) is 0 Å². The third-order valence-corrected chi connectivity index (χ3v) is 4.50. The van der Waals surface area contributed by atoms with Crippen LogP contribution in [-0.2, 0) is 11.3 Å². The van der Waals surface area contributed by atoms with Gasteiger partial charge < -0.3 is 24.1 Å². The lowest BCUT2D eigenvalue weighted by Crippen LogP contribution is -2.20. The van der Waals surface area contributed by atoms with Gasteiger partial charge in [-0.05, 0) is 48.0 Å². The first-order valence-corrected chi connectivity index (χ1v) is 9.39. The number of hydrogen-bond acceptors (Lipinski definition) is 6. The van der Waals surface area contributed by atoms with E-state index in [0.29, 0.717) is 33.7 Å². The van der Waals surface area contributed by atoms with Crippen molar-refractivity contribution >= 4 is 23.6 Å². The minimum absolute atomic E-state index is 0.232. The Morgan fingerprint density at radius 1 is 1.07 bits per heavy atom. The van der Waals surface area contributed by atoms with Crippen LogP contribution in [0.5, 0.6) is 17.2 Å². The van der Waals surface area contributed by atoms with Gasteiger partial charge in [-0.2, -0.15) is 0 Å². The Balaban J connectivity index is 1.62. The molecule has 0 unspecified atom stereocenters. The monoisotopic (exact) mass is 428 g/mol. The van der Waals surface area contributed by atoms with Crippen molar-refractivity contribution in [3.63, 3.8) is 0 Å². The zero-order valence-corrected chi connectivity index (χ0v) is 17.5. The molecule has 0 atom stereocenters. The second kappa shape index (κ2) is 9.84. The molecule has 1 N–H and O–H groups in total. The zero-order valence-electron chi connectivity index (χ0n) is 16.8. The summed E-state index contributed by atoms with van der Waals surface area (Å²) in [7, 11) is 4.60. The van der Waals surface area contributed by atoms with E-state index in [2.05, 4.69) is 10.5 Å². The molecule has 30 heavy (non-hydrogen) atoms. The number of nitrogens with one attached hydrogen (secondary N) is 1. The second-order valence-corrected chi connectivity index (χ2v) is 6.64. The number of hydrogen-bond donors (Lipinski definition) is 1. The number of carbonyl (C=O) groups is 1. The molecule has 3 aromatic rings. The summed E-state index contributed by atoms with van der Waals surface area (Å²) in [5.74, 6) is 1.83. The average molecular weight is 429 g/mol. The summed E-state index contributed by atoms with van der Waals surface area (Å²) in [4.78, 5) is 12.2. The summed E-state index contributed by atoms with van der Waals surface area (Å²) in [5.41, 5.74) is 2.19. The Labute approximate surface area is 179 Å². The van der Waals surface area contributed by atoms with Crippen molar-refractivity contribution in [2.75, 3.05) is 21.3 Å². The topological polar surface area (TPSA) is 82.8 Å². The molecule has 0 bridgehead atoms. The van der Waals surface area contributed by atoms with Gasteiger partial charge in [-0.3, -0.25) is 4.79 Å².